The van der Waals surface area contributed by atoms with Crippen molar-refractivity contribution < 1.29 is 14.0 Å². The van der Waals surface area contributed by atoms with E-state index < -0.39 is 6.04 Å². The van der Waals surface area contributed by atoms with Crippen LogP contribution in [0.15, 0.2) is 71.6 Å². The Hall–Kier alpha value is -2.67. The number of nitrogens with two attached hydrogens (primary N) is 1. The highest BCUT2D eigenvalue weighted by Gasteiger charge is 2.29. The lowest BCUT2D eigenvalue weighted by atomic mass is 9.93. The number of amides is 1. The second kappa shape index (κ2) is 10.1. The monoisotopic (exact) mass is 482 g/mol. The second-order valence-corrected chi connectivity index (χ2v) is 9.73. The quantitative estimate of drug-likeness (QED) is 0.449. The number of Topliss-reactive ketones (excluding diaryl/α,β-unsaturated/α-hetero) is 1. The van der Waals surface area contributed by atoms with Crippen LogP contribution in [0.25, 0.3) is 0 Å². The first-order chi connectivity index (χ1) is 15.8. The Balaban J connectivity index is 1.61. The van der Waals surface area contributed by atoms with Gasteiger partial charge in [-0.2, -0.15) is 0 Å². The van der Waals surface area contributed by atoms with Crippen LogP contribution in [0.5, 0.6) is 0 Å². The molecule has 7 heteroatoms. The van der Waals surface area contributed by atoms with Crippen LogP contribution in [0.2, 0.25) is 5.02 Å². The summed E-state index contributed by atoms with van der Waals surface area (Å²) in [5.74, 6) is -0.110. The van der Waals surface area contributed by atoms with Gasteiger partial charge in [0.2, 0.25) is 5.91 Å². The molecule has 1 unspecified atom stereocenters. The number of rotatable bonds is 6. The number of ketones is 1. The molecule has 3 aromatic carbocycles. The summed E-state index contributed by atoms with van der Waals surface area (Å²) < 4.78 is 13.2. The first kappa shape index (κ1) is 23.5. The Kier molecular flexibility index (Phi) is 7.17. The van der Waals surface area contributed by atoms with Crippen LogP contribution in [0, 0.1) is 5.82 Å². The Morgan fingerprint density at radius 1 is 1.15 bits per heavy atom. The molecule has 0 radical (unpaired) electrons. The highest BCUT2D eigenvalue weighted by atomic mass is 35.5. The number of carbonyl (C=O) groups excluding carboxylic acids is 2. The Bertz CT molecular complexity index is 1170. The molecule has 2 atom stereocenters. The molecule has 1 heterocycles. The molecule has 0 saturated heterocycles. The first-order valence-corrected chi connectivity index (χ1v) is 12.0. The summed E-state index contributed by atoms with van der Waals surface area (Å²) in [5.41, 5.74) is 9.18. The molecule has 0 fully saturated rings. The number of anilines is 1. The molecule has 4 nitrogen and oxygen atoms in total. The third kappa shape index (κ3) is 5.46. The van der Waals surface area contributed by atoms with Gasteiger partial charge in [-0.1, -0.05) is 48.9 Å². The van der Waals surface area contributed by atoms with Crippen molar-refractivity contribution in [3.8, 4) is 0 Å². The van der Waals surface area contributed by atoms with Crippen molar-refractivity contribution in [3.63, 3.8) is 0 Å². The van der Waals surface area contributed by atoms with E-state index in [1.807, 2.05) is 25.1 Å². The van der Waals surface area contributed by atoms with Gasteiger partial charge in [0.05, 0.1) is 18.3 Å². The highest BCUT2D eigenvalue weighted by Crippen LogP contribution is 2.36. The fourth-order valence-corrected chi connectivity index (χ4v) is 4.94. The first-order valence-electron chi connectivity index (χ1n) is 10.7. The van der Waals surface area contributed by atoms with Crippen molar-refractivity contribution in [2.24, 2.45) is 5.73 Å². The maximum Gasteiger partial charge on any atom is 0.245 e. The summed E-state index contributed by atoms with van der Waals surface area (Å²) in [7, 11) is 0. The normalized spacial score (nSPS) is 16.8. The maximum absolute atomic E-state index is 13.2. The third-order valence-corrected chi connectivity index (χ3v) is 7.19. The molecule has 1 aliphatic rings. The number of carbonyl (C=O) groups is 2. The molecule has 0 spiro atoms. The van der Waals surface area contributed by atoms with Gasteiger partial charge in [0.1, 0.15) is 5.82 Å². The van der Waals surface area contributed by atoms with Crippen LogP contribution in [-0.4, -0.2) is 23.5 Å². The average molecular weight is 483 g/mol. The Morgan fingerprint density at radius 2 is 1.85 bits per heavy atom. The second-order valence-electron chi connectivity index (χ2n) is 8.23. The summed E-state index contributed by atoms with van der Waals surface area (Å²) >= 11 is 7.52. The average Bonchev–Trinajstić information content (AvgIpc) is 2.92. The molecule has 170 valence electrons. The number of hydrogen-bond acceptors (Lipinski definition) is 4. The van der Waals surface area contributed by atoms with Crippen molar-refractivity contribution >= 4 is 40.7 Å². The zero-order chi connectivity index (χ0) is 23.5. The molecular formula is C26H24ClFN2O2S. The van der Waals surface area contributed by atoms with Gasteiger partial charge in [0, 0.05) is 27.7 Å². The molecule has 1 amide bonds. The Labute approximate surface area is 201 Å². The third-order valence-electron chi connectivity index (χ3n) is 5.76. The van der Waals surface area contributed by atoms with E-state index in [1.54, 1.807) is 41.3 Å². The van der Waals surface area contributed by atoms with Crippen LogP contribution in [0.3, 0.4) is 0 Å². The van der Waals surface area contributed by atoms with Crippen molar-refractivity contribution in [2.45, 2.75) is 36.7 Å². The largest absolute Gasteiger partial charge is 0.319 e. The summed E-state index contributed by atoms with van der Waals surface area (Å²) in [5, 5.41) is 0.622. The van der Waals surface area contributed by atoms with Crippen LogP contribution in [0.1, 0.15) is 40.7 Å². The van der Waals surface area contributed by atoms with E-state index in [0.29, 0.717) is 28.6 Å². The topological polar surface area (TPSA) is 63.4 Å². The molecule has 0 saturated carbocycles. The van der Waals surface area contributed by atoms with E-state index >= 15 is 0 Å². The fraction of sp³-hybridized carbons (Fsp3) is 0.231. The molecule has 1 aliphatic heterocycles. The lowest BCUT2D eigenvalue weighted by molar-refractivity contribution is -0.119. The minimum absolute atomic E-state index is 0.0351. The highest BCUT2D eigenvalue weighted by molar-refractivity contribution is 7.99. The molecule has 0 bridgehead atoms. The summed E-state index contributed by atoms with van der Waals surface area (Å²) in [6, 6.07) is 18.4. The SMILES string of the molecule is CC(CC(=O)c1ccc2c(c1)N(Cc1ccc(Cl)cc1)C(=O)[C@@H](N)CS2)c1ccc(F)cc1. The minimum atomic E-state index is -0.632. The van der Waals surface area contributed by atoms with Gasteiger partial charge < -0.3 is 10.6 Å². The molecular weight excluding hydrogens is 459 g/mol. The van der Waals surface area contributed by atoms with Crippen molar-refractivity contribution in [1.29, 1.82) is 0 Å². The lowest BCUT2D eigenvalue weighted by Crippen LogP contribution is -2.44. The fourth-order valence-electron chi connectivity index (χ4n) is 3.83. The van der Waals surface area contributed by atoms with Crippen molar-refractivity contribution in [2.75, 3.05) is 10.7 Å². The van der Waals surface area contributed by atoms with Gasteiger partial charge in [-0.3, -0.25) is 9.59 Å². The Morgan fingerprint density at radius 3 is 2.55 bits per heavy atom. The molecule has 0 aliphatic carbocycles. The van der Waals surface area contributed by atoms with Gasteiger partial charge in [0.15, 0.2) is 5.78 Å². The van der Waals surface area contributed by atoms with Gasteiger partial charge >= 0.3 is 0 Å². The predicted octanol–water partition coefficient (Wildman–Crippen LogP) is 5.82. The molecule has 0 aromatic heterocycles. The smallest absolute Gasteiger partial charge is 0.245 e. The maximum atomic E-state index is 13.2. The predicted molar refractivity (Wildman–Crippen MR) is 132 cm³/mol. The number of nitrogens with zero attached hydrogens (tertiary/aromatic N) is 1. The van der Waals surface area contributed by atoms with E-state index in [1.165, 1.54) is 23.9 Å². The zero-order valence-corrected chi connectivity index (χ0v) is 19.7. The minimum Gasteiger partial charge on any atom is -0.319 e. The number of benzene rings is 3. The van der Waals surface area contributed by atoms with Gasteiger partial charge in [-0.05, 0) is 53.4 Å². The molecule has 33 heavy (non-hydrogen) atoms. The number of fused-ring (bicyclic) bond motifs is 1. The van der Waals surface area contributed by atoms with Crippen LogP contribution in [0.4, 0.5) is 10.1 Å². The molecule has 2 N–H and O–H groups in total. The van der Waals surface area contributed by atoms with Crippen molar-refractivity contribution in [1.82, 2.24) is 0 Å². The molecule has 3 aromatic rings. The summed E-state index contributed by atoms with van der Waals surface area (Å²) in [4.78, 5) is 28.8. The number of halogens is 2. The van der Waals surface area contributed by atoms with E-state index in [4.69, 9.17) is 17.3 Å². The zero-order valence-electron chi connectivity index (χ0n) is 18.1. The van der Waals surface area contributed by atoms with E-state index in [0.717, 1.165) is 16.0 Å². The van der Waals surface area contributed by atoms with Crippen molar-refractivity contribution in [3.05, 3.63) is 94.3 Å². The number of thioether (sulfide) groups is 1. The van der Waals surface area contributed by atoms with Crippen LogP contribution in [-0.2, 0) is 11.3 Å². The van der Waals surface area contributed by atoms with Gasteiger partial charge in [-0.15, -0.1) is 11.8 Å². The van der Waals surface area contributed by atoms with Crippen LogP contribution >= 0.6 is 23.4 Å². The number of hydrogen-bond donors (Lipinski definition) is 1. The standard InChI is InChI=1S/C26H24ClFN2O2S/c1-16(18-4-9-21(28)10-5-18)12-24(31)19-6-11-25-23(13-19)30(26(32)22(29)15-33-25)14-17-2-7-20(27)8-3-17/h2-11,13,16,22H,12,14-15,29H2,1H3/t16?,22-/m0/s1. The van der Waals surface area contributed by atoms with Gasteiger partial charge in [-0.25, -0.2) is 4.39 Å². The van der Waals surface area contributed by atoms with E-state index in [-0.39, 0.29) is 29.8 Å². The summed E-state index contributed by atoms with van der Waals surface area (Å²) in [6.45, 7) is 2.28. The molecule has 4 rings (SSSR count). The van der Waals surface area contributed by atoms with Crippen LogP contribution < -0.4 is 10.6 Å². The van der Waals surface area contributed by atoms with Gasteiger partial charge in [0.25, 0.3) is 0 Å². The van der Waals surface area contributed by atoms with E-state index in [2.05, 4.69) is 0 Å². The lowest BCUT2D eigenvalue weighted by Gasteiger charge is -2.25. The summed E-state index contributed by atoms with van der Waals surface area (Å²) in [6.07, 6.45) is 0.280. The van der Waals surface area contributed by atoms with E-state index in [9.17, 15) is 14.0 Å².